The summed E-state index contributed by atoms with van der Waals surface area (Å²) >= 11 is 0. The van der Waals surface area contributed by atoms with Crippen molar-refractivity contribution < 1.29 is 31.9 Å². The minimum atomic E-state index is -4.94. The number of anilines is 1. The van der Waals surface area contributed by atoms with Gasteiger partial charge in [-0.15, -0.1) is 0 Å². The van der Waals surface area contributed by atoms with Gasteiger partial charge in [0.1, 0.15) is 29.4 Å². The number of methoxy groups -OCH3 is 1. The molecule has 3 heterocycles. The molecule has 0 radical (unpaired) electrons. The molecule has 2 amide bonds. The highest BCUT2D eigenvalue weighted by molar-refractivity contribution is 5.99. The van der Waals surface area contributed by atoms with Gasteiger partial charge in [-0.05, 0) is 37.1 Å². The number of aromatic nitrogens is 4. The average molecular weight is 587 g/mol. The number of hydrogen-bond donors (Lipinski definition) is 3. The normalized spacial score (nSPS) is 14.8. The highest BCUT2D eigenvalue weighted by atomic mass is 19.4. The highest BCUT2D eigenvalue weighted by Crippen LogP contribution is 2.44. The van der Waals surface area contributed by atoms with Crippen LogP contribution in [0.2, 0.25) is 0 Å². The maximum Gasteiger partial charge on any atom is 0.417 e. The summed E-state index contributed by atoms with van der Waals surface area (Å²) in [6, 6.07) is 5.31. The number of nitrogens with two attached hydrogens (primary N) is 3. The largest absolute Gasteiger partial charge is 0.496 e. The van der Waals surface area contributed by atoms with E-state index in [9.17, 15) is 22.8 Å². The number of nitrogens with zero attached hydrogens (tertiary/aromatic N) is 5. The molecule has 1 aliphatic heterocycles. The van der Waals surface area contributed by atoms with Crippen LogP contribution in [0.25, 0.3) is 33.4 Å². The van der Waals surface area contributed by atoms with E-state index >= 15 is 4.39 Å². The molecule has 5 rings (SSSR count). The Kier molecular flexibility index (Phi) is 7.45. The van der Waals surface area contributed by atoms with Crippen molar-refractivity contribution in [2.24, 2.45) is 11.5 Å². The van der Waals surface area contributed by atoms with E-state index in [1.165, 1.54) is 31.6 Å². The van der Waals surface area contributed by atoms with Gasteiger partial charge in [0.25, 0.3) is 5.91 Å². The summed E-state index contributed by atoms with van der Waals surface area (Å²) < 4.78 is 64.3. The molecule has 42 heavy (non-hydrogen) atoms. The molecule has 4 aromatic rings. The minimum Gasteiger partial charge on any atom is -0.496 e. The van der Waals surface area contributed by atoms with E-state index in [1.54, 1.807) is 4.68 Å². The molecule has 0 saturated carbocycles. The van der Waals surface area contributed by atoms with Crippen molar-refractivity contribution >= 4 is 28.7 Å². The molecule has 2 aromatic carbocycles. The van der Waals surface area contributed by atoms with Crippen LogP contribution in [0.4, 0.5) is 23.4 Å². The van der Waals surface area contributed by atoms with Gasteiger partial charge in [0.15, 0.2) is 5.65 Å². The number of carbonyl (C=O) groups is 2. The lowest BCUT2D eigenvalue weighted by atomic mass is 9.93. The second-order valence-electron chi connectivity index (χ2n) is 9.85. The lowest BCUT2D eigenvalue weighted by Crippen LogP contribution is -2.40. The molecule has 0 spiro atoms. The summed E-state index contributed by atoms with van der Waals surface area (Å²) in [5.41, 5.74) is 14.8. The van der Waals surface area contributed by atoms with Crippen molar-refractivity contribution in [3.8, 4) is 28.1 Å². The van der Waals surface area contributed by atoms with Crippen molar-refractivity contribution in [2.45, 2.75) is 25.1 Å². The molecular weight excluding hydrogens is 560 g/mol. The summed E-state index contributed by atoms with van der Waals surface area (Å²) in [6.45, 7) is 1.35. The summed E-state index contributed by atoms with van der Waals surface area (Å²) in [5, 5.41) is 5.19. The van der Waals surface area contributed by atoms with Crippen molar-refractivity contribution in [2.75, 3.05) is 32.5 Å². The predicted molar refractivity (Wildman–Crippen MR) is 145 cm³/mol. The quantitative estimate of drug-likeness (QED) is 0.278. The summed E-state index contributed by atoms with van der Waals surface area (Å²) in [4.78, 5) is 33.5. The fraction of sp³-hybridized carbons (Fsp3) is 0.296. The van der Waals surface area contributed by atoms with Crippen LogP contribution in [0.15, 0.2) is 36.7 Å². The minimum absolute atomic E-state index is 0.0965. The highest BCUT2D eigenvalue weighted by Gasteiger charge is 2.37. The molecule has 2 aromatic heterocycles. The summed E-state index contributed by atoms with van der Waals surface area (Å²) in [6.07, 6.45) is -2.35. The number of rotatable bonds is 7. The molecule has 15 heteroatoms. The van der Waals surface area contributed by atoms with Gasteiger partial charge in [-0.25, -0.2) is 19.0 Å². The Labute approximate surface area is 236 Å². The van der Waals surface area contributed by atoms with E-state index in [0.717, 1.165) is 0 Å². The topological polar surface area (TPSA) is 168 Å². The summed E-state index contributed by atoms with van der Waals surface area (Å²) in [7, 11) is 1.22. The molecule has 0 unspecified atom stereocenters. The van der Waals surface area contributed by atoms with Gasteiger partial charge in [0, 0.05) is 29.8 Å². The third kappa shape index (κ3) is 5.18. The van der Waals surface area contributed by atoms with E-state index < -0.39 is 40.5 Å². The predicted octanol–water partition coefficient (Wildman–Crippen LogP) is 3.13. The molecule has 1 aliphatic rings. The van der Waals surface area contributed by atoms with Crippen LogP contribution in [0.5, 0.6) is 5.75 Å². The van der Waals surface area contributed by atoms with Gasteiger partial charge in [-0.2, -0.15) is 18.3 Å². The number of benzene rings is 2. The molecule has 1 fully saturated rings. The van der Waals surface area contributed by atoms with Crippen LogP contribution < -0.4 is 21.9 Å². The zero-order valence-corrected chi connectivity index (χ0v) is 22.3. The van der Waals surface area contributed by atoms with Crippen LogP contribution in [0.1, 0.15) is 34.8 Å². The smallest absolute Gasteiger partial charge is 0.417 e. The first-order valence-corrected chi connectivity index (χ1v) is 12.8. The lowest BCUT2D eigenvalue weighted by Gasteiger charge is -2.31. The number of piperidine rings is 1. The molecule has 1 saturated heterocycles. The molecule has 0 aliphatic carbocycles. The third-order valence-corrected chi connectivity index (χ3v) is 7.26. The van der Waals surface area contributed by atoms with E-state index in [1.807, 2.05) is 4.90 Å². The Hall–Kier alpha value is -4.79. The van der Waals surface area contributed by atoms with E-state index in [-0.39, 0.29) is 29.7 Å². The van der Waals surface area contributed by atoms with E-state index in [4.69, 9.17) is 27.0 Å². The average Bonchev–Trinajstić information content (AvgIpc) is 3.33. The Balaban J connectivity index is 1.62. The van der Waals surface area contributed by atoms with Crippen LogP contribution >= 0.6 is 0 Å². The fourth-order valence-corrected chi connectivity index (χ4v) is 5.31. The Morgan fingerprint density at radius 2 is 1.81 bits per heavy atom. The number of halogens is 4. The molecule has 6 N–H and O–H groups in total. The van der Waals surface area contributed by atoms with Crippen molar-refractivity contribution in [3.05, 3.63) is 53.6 Å². The first-order chi connectivity index (χ1) is 19.9. The van der Waals surface area contributed by atoms with Gasteiger partial charge in [0.2, 0.25) is 5.91 Å². The Bertz CT molecular complexity index is 1700. The number of alkyl halides is 3. The second kappa shape index (κ2) is 10.9. The van der Waals surface area contributed by atoms with Crippen molar-refractivity contribution in [1.29, 1.82) is 0 Å². The Morgan fingerprint density at radius 3 is 2.43 bits per heavy atom. The van der Waals surface area contributed by atoms with Gasteiger partial charge in [-0.3, -0.25) is 14.5 Å². The van der Waals surface area contributed by atoms with Gasteiger partial charge >= 0.3 is 6.18 Å². The first kappa shape index (κ1) is 28.7. The van der Waals surface area contributed by atoms with E-state index in [0.29, 0.717) is 60.4 Å². The SMILES string of the molecule is COc1cc(-c2nn(C3CCN(CC(N)=O)CC3)c3ncnc(N)c23)ccc1-c1c(C(F)(F)F)ccc(C(N)=O)c1F. The van der Waals surface area contributed by atoms with Crippen LogP contribution in [-0.4, -0.2) is 63.2 Å². The van der Waals surface area contributed by atoms with Crippen molar-refractivity contribution in [3.63, 3.8) is 0 Å². The number of amides is 2. The maximum atomic E-state index is 15.4. The number of likely N-dealkylation sites (tertiary alicyclic amines) is 1. The molecular formula is C27H26F4N8O3. The third-order valence-electron chi connectivity index (χ3n) is 7.26. The van der Waals surface area contributed by atoms with Crippen LogP contribution in [-0.2, 0) is 11.0 Å². The number of primary amides is 2. The number of carbonyl (C=O) groups excluding carboxylic acids is 2. The Morgan fingerprint density at radius 1 is 1.10 bits per heavy atom. The number of ether oxygens (including phenoxy) is 1. The van der Waals surface area contributed by atoms with Crippen LogP contribution in [0, 0.1) is 5.82 Å². The molecule has 220 valence electrons. The first-order valence-electron chi connectivity index (χ1n) is 12.8. The van der Waals surface area contributed by atoms with Gasteiger partial charge in [0.05, 0.1) is 36.2 Å². The number of hydrogen-bond acceptors (Lipinski definition) is 8. The standard InChI is InChI=1S/C27H26F4N8O3/c1-42-18-10-13(2-3-15(18)20-17(27(29,30)31)5-4-16(22(20)28)25(34)41)23-21-24(33)35-12-36-26(21)39(37-23)14-6-8-38(9-7-14)11-19(32)40/h2-5,10,12,14H,6-9,11H2,1H3,(H2,32,40)(H2,34,41)(H2,33,35,36). The second-order valence-corrected chi connectivity index (χ2v) is 9.85. The molecule has 0 bridgehead atoms. The van der Waals surface area contributed by atoms with Crippen LogP contribution in [0.3, 0.4) is 0 Å². The summed E-state index contributed by atoms with van der Waals surface area (Å²) in [5.74, 6) is -3.03. The zero-order chi connectivity index (χ0) is 30.3. The van der Waals surface area contributed by atoms with Gasteiger partial charge < -0.3 is 21.9 Å². The molecule has 0 atom stereocenters. The molecule has 11 nitrogen and oxygen atoms in total. The van der Waals surface area contributed by atoms with Gasteiger partial charge in [-0.1, -0.05) is 6.07 Å². The lowest BCUT2D eigenvalue weighted by molar-refractivity contribution is -0.137. The fourth-order valence-electron chi connectivity index (χ4n) is 5.31. The maximum absolute atomic E-state index is 15.4. The van der Waals surface area contributed by atoms with Crippen molar-refractivity contribution in [1.82, 2.24) is 24.6 Å². The number of nitrogen functional groups attached to an aromatic ring is 1. The number of fused-ring (bicyclic) bond motifs is 1. The zero-order valence-electron chi connectivity index (χ0n) is 22.3. The van der Waals surface area contributed by atoms with E-state index in [2.05, 4.69) is 9.97 Å². The monoisotopic (exact) mass is 586 g/mol.